The number of nitrogen functional groups attached to an aromatic ring is 1. The first kappa shape index (κ1) is 26.0. The Labute approximate surface area is 213 Å². The fourth-order valence-corrected chi connectivity index (χ4v) is 3.57. The van der Waals surface area contributed by atoms with Crippen molar-refractivity contribution >= 4 is 52.0 Å². The number of hydrogen-bond donors (Lipinski definition) is 4. The number of aromatic nitrogens is 1. The third kappa shape index (κ3) is 6.48. The van der Waals surface area contributed by atoms with E-state index in [1.807, 2.05) is 12.1 Å². The lowest BCUT2D eigenvalue weighted by molar-refractivity contribution is -0.111. The highest BCUT2D eigenvalue weighted by molar-refractivity contribution is 6.42. The van der Waals surface area contributed by atoms with Crippen molar-refractivity contribution in [1.29, 1.82) is 0 Å². The van der Waals surface area contributed by atoms with E-state index in [9.17, 15) is 4.79 Å². The molecule has 5 N–H and O–H groups in total. The molecule has 2 aromatic carbocycles. The zero-order chi connectivity index (χ0) is 25.4. The summed E-state index contributed by atoms with van der Waals surface area (Å²) >= 11 is 12.0. The molecule has 0 aliphatic heterocycles. The molecule has 0 atom stereocenters. The highest BCUT2D eigenvalue weighted by Gasteiger charge is 2.14. The number of hydrogen-bond acceptors (Lipinski definition) is 8. The van der Waals surface area contributed by atoms with Crippen molar-refractivity contribution in [2.45, 2.75) is 6.42 Å². The lowest BCUT2D eigenvalue weighted by Crippen LogP contribution is -2.14. The Kier molecular flexibility index (Phi) is 9.02. The zero-order valence-electron chi connectivity index (χ0n) is 19.3. The molecule has 1 heterocycles. The Morgan fingerprint density at radius 1 is 1.03 bits per heavy atom. The molecule has 184 valence electrons. The second-order valence-corrected chi connectivity index (χ2v) is 7.92. The van der Waals surface area contributed by atoms with Crippen molar-refractivity contribution in [2.24, 2.45) is 5.84 Å². The SMILES string of the molecule is COc1cc(Nc2ncccc2C/C=C/C(=O)Nc2cc(Cl)c(Cl)cc2NN)cc(OC)c1OC. The first-order chi connectivity index (χ1) is 16.9. The molecular weight excluding hydrogens is 493 g/mol. The van der Waals surface area contributed by atoms with Gasteiger partial charge in [-0.25, -0.2) is 4.98 Å². The molecule has 0 saturated heterocycles. The predicted molar refractivity (Wildman–Crippen MR) is 139 cm³/mol. The first-order valence-corrected chi connectivity index (χ1v) is 11.1. The zero-order valence-corrected chi connectivity index (χ0v) is 20.8. The van der Waals surface area contributed by atoms with Gasteiger partial charge in [0.05, 0.1) is 42.7 Å². The standard InChI is InChI=1S/C24H25Cl2N5O4/c1-33-20-10-15(11-21(34-2)23(20)35-3)29-24-14(7-5-9-28-24)6-4-8-22(32)30-18-12-16(25)17(26)13-19(18)31-27/h4-5,7-13,31H,6,27H2,1-3H3,(H,28,29)(H,30,32)/b8-4+. The predicted octanol–water partition coefficient (Wildman–Crippen LogP) is 5.18. The minimum absolute atomic E-state index is 0.294. The Morgan fingerprint density at radius 3 is 2.29 bits per heavy atom. The van der Waals surface area contributed by atoms with Gasteiger partial charge in [-0.15, -0.1) is 0 Å². The summed E-state index contributed by atoms with van der Waals surface area (Å²) in [4.78, 5) is 16.9. The number of carbonyl (C=O) groups is 1. The van der Waals surface area contributed by atoms with E-state index in [2.05, 4.69) is 21.0 Å². The number of halogens is 2. The Balaban J connectivity index is 1.74. The van der Waals surface area contributed by atoms with Crippen molar-refractivity contribution in [3.63, 3.8) is 0 Å². The topological polar surface area (TPSA) is 120 Å². The van der Waals surface area contributed by atoms with Crippen molar-refractivity contribution in [3.05, 3.63) is 70.4 Å². The van der Waals surface area contributed by atoms with E-state index < -0.39 is 0 Å². The van der Waals surface area contributed by atoms with Gasteiger partial charge in [0.25, 0.3) is 0 Å². The van der Waals surface area contributed by atoms with E-state index >= 15 is 0 Å². The summed E-state index contributed by atoms with van der Waals surface area (Å²) in [6, 6.07) is 10.3. The highest BCUT2D eigenvalue weighted by atomic mass is 35.5. The minimum atomic E-state index is -0.358. The number of nitrogens with one attached hydrogen (secondary N) is 3. The van der Waals surface area contributed by atoms with Crippen LogP contribution in [0.2, 0.25) is 10.0 Å². The number of ether oxygens (including phenoxy) is 3. The molecule has 3 aromatic rings. The number of hydrazine groups is 1. The number of rotatable bonds is 10. The molecule has 0 unspecified atom stereocenters. The number of benzene rings is 2. The third-order valence-corrected chi connectivity index (χ3v) is 5.62. The lowest BCUT2D eigenvalue weighted by atomic mass is 10.1. The van der Waals surface area contributed by atoms with Crippen LogP contribution in [0.1, 0.15) is 5.56 Å². The van der Waals surface area contributed by atoms with E-state index in [1.54, 1.807) is 45.7 Å². The van der Waals surface area contributed by atoms with Crippen LogP contribution in [0.25, 0.3) is 0 Å². The van der Waals surface area contributed by atoms with Gasteiger partial charge in [-0.2, -0.15) is 0 Å². The van der Waals surface area contributed by atoms with E-state index in [4.69, 9.17) is 43.3 Å². The first-order valence-electron chi connectivity index (χ1n) is 10.3. The molecule has 0 fully saturated rings. The van der Waals surface area contributed by atoms with Crippen LogP contribution in [0.5, 0.6) is 17.2 Å². The van der Waals surface area contributed by atoms with E-state index in [-0.39, 0.29) is 5.91 Å². The van der Waals surface area contributed by atoms with Crippen LogP contribution < -0.4 is 36.1 Å². The molecule has 11 heteroatoms. The smallest absolute Gasteiger partial charge is 0.248 e. The van der Waals surface area contributed by atoms with Gasteiger partial charge in [0, 0.05) is 24.0 Å². The highest BCUT2D eigenvalue weighted by Crippen LogP contribution is 2.40. The second-order valence-electron chi connectivity index (χ2n) is 7.10. The number of allylic oxidation sites excluding steroid dienone is 1. The van der Waals surface area contributed by atoms with Crippen LogP contribution in [0.3, 0.4) is 0 Å². The number of methoxy groups -OCH3 is 3. The monoisotopic (exact) mass is 517 g/mol. The van der Waals surface area contributed by atoms with Crippen molar-refractivity contribution in [2.75, 3.05) is 37.4 Å². The van der Waals surface area contributed by atoms with Crippen LogP contribution in [-0.2, 0) is 11.2 Å². The summed E-state index contributed by atoms with van der Waals surface area (Å²) in [5.74, 6) is 7.27. The molecular formula is C24H25Cl2N5O4. The van der Waals surface area contributed by atoms with Crippen LogP contribution >= 0.6 is 23.2 Å². The second kappa shape index (κ2) is 12.2. The molecule has 9 nitrogen and oxygen atoms in total. The molecule has 35 heavy (non-hydrogen) atoms. The van der Waals surface area contributed by atoms with Gasteiger partial charge >= 0.3 is 0 Å². The van der Waals surface area contributed by atoms with Crippen molar-refractivity contribution in [1.82, 2.24) is 4.98 Å². The Bertz CT molecular complexity index is 1210. The van der Waals surface area contributed by atoms with Gasteiger partial charge in [-0.3, -0.25) is 10.6 Å². The van der Waals surface area contributed by atoms with Crippen LogP contribution in [0.4, 0.5) is 22.9 Å². The van der Waals surface area contributed by atoms with Crippen molar-refractivity contribution < 1.29 is 19.0 Å². The number of pyridine rings is 1. The number of amides is 1. The summed E-state index contributed by atoms with van der Waals surface area (Å²) in [6.07, 6.45) is 5.25. The maximum Gasteiger partial charge on any atom is 0.248 e. The molecule has 0 aliphatic carbocycles. The number of carbonyl (C=O) groups excluding carboxylic acids is 1. The molecule has 0 radical (unpaired) electrons. The van der Waals surface area contributed by atoms with Crippen LogP contribution in [0, 0.1) is 0 Å². The summed E-state index contributed by atoms with van der Waals surface area (Å²) in [5.41, 5.74) is 4.88. The normalized spacial score (nSPS) is 10.7. The average molecular weight is 518 g/mol. The van der Waals surface area contributed by atoms with Gasteiger partial charge in [0.1, 0.15) is 5.82 Å². The van der Waals surface area contributed by atoms with Crippen LogP contribution in [0.15, 0.2) is 54.7 Å². The van der Waals surface area contributed by atoms with Gasteiger partial charge in [-0.1, -0.05) is 35.3 Å². The quantitative estimate of drug-likeness (QED) is 0.165. The molecule has 1 aromatic heterocycles. The lowest BCUT2D eigenvalue weighted by Gasteiger charge is -2.16. The molecule has 0 spiro atoms. The summed E-state index contributed by atoms with van der Waals surface area (Å²) in [5, 5.41) is 6.60. The maximum absolute atomic E-state index is 12.4. The summed E-state index contributed by atoms with van der Waals surface area (Å²) in [7, 11) is 4.64. The Hall–Kier alpha value is -3.66. The number of anilines is 4. The minimum Gasteiger partial charge on any atom is -0.493 e. The molecule has 0 saturated carbocycles. The summed E-state index contributed by atoms with van der Waals surface area (Å²) in [6.45, 7) is 0. The fourth-order valence-electron chi connectivity index (χ4n) is 3.24. The van der Waals surface area contributed by atoms with E-state index in [0.717, 1.165) is 5.56 Å². The van der Waals surface area contributed by atoms with Gasteiger partial charge in [0.2, 0.25) is 11.7 Å². The third-order valence-electron chi connectivity index (χ3n) is 4.90. The van der Waals surface area contributed by atoms with Gasteiger partial charge in [-0.05, 0) is 36.3 Å². The fraction of sp³-hybridized carbons (Fsp3) is 0.167. The van der Waals surface area contributed by atoms with Gasteiger partial charge < -0.3 is 30.3 Å². The number of nitrogens with two attached hydrogens (primary N) is 1. The number of nitrogens with zero attached hydrogens (tertiary/aromatic N) is 1. The van der Waals surface area contributed by atoms with Gasteiger partial charge in [0.15, 0.2) is 11.5 Å². The maximum atomic E-state index is 12.4. The largest absolute Gasteiger partial charge is 0.493 e. The van der Waals surface area contributed by atoms with Crippen LogP contribution in [-0.4, -0.2) is 32.2 Å². The molecule has 0 bridgehead atoms. The molecule has 1 amide bonds. The van der Waals surface area contributed by atoms with Crippen molar-refractivity contribution in [3.8, 4) is 17.2 Å². The van der Waals surface area contributed by atoms with E-state index in [1.165, 1.54) is 18.2 Å². The Morgan fingerprint density at radius 2 is 1.69 bits per heavy atom. The molecule has 3 rings (SSSR count). The van der Waals surface area contributed by atoms with E-state index in [0.29, 0.717) is 56.6 Å². The molecule has 0 aliphatic rings. The average Bonchev–Trinajstić information content (AvgIpc) is 2.86. The summed E-state index contributed by atoms with van der Waals surface area (Å²) < 4.78 is 16.2.